The second kappa shape index (κ2) is 12.5. The van der Waals surface area contributed by atoms with Crippen LogP contribution in [-0.4, -0.2) is 42.4 Å². The summed E-state index contributed by atoms with van der Waals surface area (Å²) in [5.74, 6) is -0.411. The average molecular weight is 538 g/mol. The highest BCUT2D eigenvalue weighted by Gasteiger charge is 2.38. The monoisotopic (exact) mass is 537 g/mol. The summed E-state index contributed by atoms with van der Waals surface area (Å²) in [6, 6.07) is 13.4. The first-order chi connectivity index (χ1) is 18.1. The molecular formula is C25H27F4N5O4. The van der Waals surface area contributed by atoms with E-state index in [1.54, 1.807) is 42.5 Å². The molecule has 13 heteroatoms. The standard InChI is InChI=1S/C25H27F4N5O4/c26-13-5-9-15(21(30)35)16(11-12-25(27,28)29)23(36)34-22-24(37)33-20-17(8-4-10-18(20)38-31)19(32-22)14-6-2-1-3-7-14/h1-4,6-8,10,15-16,22H,5,9,11-13,31H2,(H2,30,35)(H,33,37)(H,34,36)/t15-,16+,22+/m0/s1. The maximum atomic E-state index is 13.3. The van der Waals surface area contributed by atoms with Crippen LogP contribution in [0.4, 0.5) is 23.2 Å². The predicted octanol–water partition coefficient (Wildman–Crippen LogP) is 2.98. The number of hydrogen-bond acceptors (Lipinski definition) is 6. The summed E-state index contributed by atoms with van der Waals surface area (Å²) in [4.78, 5) is 47.7. The lowest BCUT2D eigenvalue weighted by Gasteiger charge is -2.25. The van der Waals surface area contributed by atoms with E-state index in [0.717, 1.165) is 0 Å². The van der Waals surface area contributed by atoms with Crippen LogP contribution in [-0.2, 0) is 14.4 Å². The molecule has 0 saturated heterocycles. The normalized spacial score (nSPS) is 16.8. The second-order valence-electron chi connectivity index (χ2n) is 8.64. The Morgan fingerprint density at radius 3 is 2.39 bits per heavy atom. The van der Waals surface area contributed by atoms with E-state index in [0.29, 0.717) is 11.1 Å². The Morgan fingerprint density at radius 1 is 1.08 bits per heavy atom. The molecular weight excluding hydrogens is 510 g/mol. The maximum Gasteiger partial charge on any atom is 0.389 e. The van der Waals surface area contributed by atoms with Gasteiger partial charge in [0.25, 0.3) is 5.91 Å². The minimum Gasteiger partial charge on any atom is -0.409 e. The summed E-state index contributed by atoms with van der Waals surface area (Å²) in [7, 11) is 0. The fourth-order valence-corrected chi connectivity index (χ4v) is 4.24. The fraction of sp³-hybridized carbons (Fsp3) is 0.360. The van der Waals surface area contributed by atoms with Gasteiger partial charge in [0.1, 0.15) is 0 Å². The molecule has 3 rings (SSSR count). The number of hydrogen-bond donors (Lipinski definition) is 4. The SMILES string of the molecule is NOc1cccc2c1NC(=O)[C@@H](NC(=O)[C@H](CCC(F)(F)F)[C@H](CCCF)C(N)=O)N=C2c1ccccc1. The van der Waals surface area contributed by atoms with Crippen molar-refractivity contribution in [3.05, 3.63) is 59.7 Å². The largest absolute Gasteiger partial charge is 0.409 e. The Kier molecular flexibility index (Phi) is 9.40. The molecule has 0 bridgehead atoms. The smallest absolute Gasteiger partial charge is 0.389 e. The van der Waals surface area contributed by atoms with Crippen molar-refractivity contribution < 1.29 is 36.8 Å². The number of nitrogens with one attached hydrogen (secondary N) is 2. The van der Waals surface area contributed by atoms with E-state index >= 15 is 0 Å². The van der Waals surface area contributed by atoms with Crippen LogP contribution in [0.2, 0.25) is 0 Å². The summed E-state index contributed by atoms with van der Waals surface area (Å²) in [6.07, 6.45) is -8.81. The van der Waals surface area contributed by atoms with E-state index in [4.69, 9.17) is 16.5 Å². The van der Waals surface area contributed by atoms with Gasteiger partial charge in [0.15, 0.2) is 5.75 Å². The molecule has 6 N–H and O–H groups in total. The van der Waals surface area contributed by atoms with Gasteiger partial charge < -0.3 is 21.2 Å². The molecule has 2 aromatic carbocycles. The van der Waals surface area contributed by atoms with Crippen LogP contribution in [0.3, 0.4) is 0 Å². The van der Waals surface area contributed by atoms with E-state index in [2.05, 4.69) is 15.6 Å². The van der Waals surface area contributed by atoms with Gasteiger partial charge in [0.05, 0.1) is 18.1 Å². The maximum absolute atomic E-state index is 13.3. The van der Waals surface area contributed by atoms with Crippen LogP contribution in [0.25, 0.3) is 0 Å². The lowest BCUT2D eigenvalue weighted by molar-refractivity contribution is -0.146. The molecule has 0 spiro atoms. The van der Waals surface area contributed by atoms with E-state index < -0.39 is 61.4 Å². The molecule has 0 fully saturated rings. The summed E-state index contributed by atoms with van der Waals surface area (Å²) in [5.41, 5.74) is 6.78. The number of para-hydroxylation sites is 1. The zero-order valence-electron chi connectivity index (χ0n) is 20.1. The summed E-state index contributed by atoms with van der Waals surface area (Å²) in [6.45, 7) is -0.850. The van der Waals surface area contributed by atoms with Gasteiger partial charge in [0.2, 0.25) is 18.0 Å². The van der Waals surface area contributed by atoms with Crippen LogP contribution in [0.1, 0.15) is 36.8 Å². The highest BCUT2D eigenvalue weighted by molar-refractivity contribution is 6.20. The van der Waals surface area contributed by atoms with Gasteiger partial charge in [-0.15, -0.1) is 0 Å². The van der Waals surface area contributed by atoms with E-state index in [1.807, 2.05) is 0 Å². The molecule has 1 aliphatic rings. The molecule has 3 amide bonds. The van der Waals surface area contributed by atoms with Crippen molar-refractivity contribution in [3.63, 3.8) is 0 Å². The third-order valence-corrected chi connectivity index (χ3v) is 6.06. The van der Waals surface area contributed by atoms with Gasteiger partial charge in [-0.25, -0.2) is 4.99 Å². The quantitative estimate of drug-likeness (QED) is 0.257. The summed E-state index contributed by atoms with van der Waals surface area (Å²) < 4.78 is 51.8. The van der Waals surface area contributed by atoms with Crippen LogP contribution in [0.15, 0.2) is 53.5 Å². The summed E-state index contributed by atoms with van der Waals surface area (Å²) >= 11 is 0. The first-order valence-corrected chi connectivity index (χ1v) is 11.7. The third kappa shape index (κ3) is 7.06. The molecule has 0 saturated carbocycles. The number of halogens is 4. The highest BCUT2D eigenvalue weighted by Crippen LogP contribution is 2.33. The number of carbonyl (C=O) groups excluding carboxylic acids is 3. The van der Waals surface area contributed by atoms with Crippen LogP contribution in [0, 0.1) is 11.8 Å². The number of amides is 3. The van der Waals surface area contributed by atoms with Crippen LogP contribution < -0.4 is 27.1 Å². The number of benzene rings is 2. The molecule has 204 valence electrons. The van der Waals surface area contributed by atoms with E-state index in [9.17, 15) is 31.9 Å². The van der Waals surface area contributed by atoms with Crippen molar-refractivity contribution >= 4 is 29.1 Å². The second-order valence-corrected chi connectivity index (χ2v) is 8.64. The number of anilines is 1. The Hall–Kier alpha value is -4.00. The number of carbonyl (C=O) groups is 3. The lowest BCUT2D eigenvalue weighted by Crippen LogP contribution is -2.48. The Balaban J connectivity index is 2.01. The van der Waals surface area contributed by atoms with Crippen molar-refractivity contribution in [1.29, 1.82) is 0 Å². The van der Waals surface area contributed by atoms with Crippen molar-refractivity contribution in [1.82, 2.24) is 5.32 Å². The van der Waals surface area contributed by atoms with Crippen LogP contribution >= 0.6 is 0 Å². The molecule has 1 aliphatic heterocycles. The van der Waals surface area contributed by atoms with Crippen LogP contribution in [0.5, 0.6) is 5.75 Å². The van der Waals surface area contributed by atoms with Gasteiger partial charge in [-0.1, -0.05) is 42.5 Å². The Morgan fingerprint density at radius 2 is 1.79 bits per heavy atom. The molecule has 0 aromatic heterocycles. The zero-order valence-corrected chi connectivity index (χ0v) is 20.1. The number of fused-ring (bicyclic) bond motifs is 1. The lowest BCUT2D eigenvalue weighted by atomic mass is 9.83. The van der Waals surface area contributed by atoms with Gasteiger partial charge in [0, 0.05) is 29.4 Å². The minimum atomic E-state index is -4.63. The average Bonchev–Trinajstić information content (AvgIpc) is 3.01. The molecule has 3 atom stereocenters. The number of nitrogens with two attached hydrogens (primary N) is 2. The third-order valence-electron chi connectivity index (χ3n) is 6.06. The van der Waals surface area contributed by atoms with Gasteiger partial charge >= 0.3 is 6.18 Å². The number of nitrogens with zero attached hydrogens (tertiary/aromatic N) is 1. The fourth-order valence-electron chi connectivity index (χ4n) is 4.24. The van der Waals surface area contributed by atoms with Crippen molar-refractivity contribution in [2.24, 2.45) is 28.5 Å². The highest BCUT2D eigenvalue weighted by atomic mass is 19.4. The first kappa shape index (κ1) is 28.6. The molecule has 38 heavy (non-hydrogen) atoms. The van der Waals surface area contributed by atoms with E-state index in [-0.39, 0.29) is 30.0 Å². The number of rotatable bonds is 11. The predicted molar refractivity (Wildman–Crippen MR) is 131 cm³/mol. The number of aliphatic imine (C=N–C) groups is 1. The molecule has 1 heterocycles. The van der Waals surface area contributed by atoms with Gasteiger partial charge in [-0.2, -0.15) is 19.1 Å². The molecule has 0 unspecified atom stereocenters. The zero-order chi connectivity index (χ0) is 27.9. The minimum absolute atomic E-state index is 0.106. The van der Waals surface area contributed by atoms with Crippen molar-refractivity contribution in [2.45, 2.75) is 38.0 Å². The molecule has 9 nitrogen and oxygen atoms in total. The first-order valence-electron chi connectivity index (χ1n) is 11.7. The Bertz CT molecular complexity index is 1190. The van der Waals surface area contributed by atoms with Crippen molar-refractivity contribution in [3.8, 4) is 5.75 Å². The van der Waals surface area contributed by atoms with Crippen molar-refractivity contribution in [2.75, 3.05) is 12.0 Å². The molecule has 2 aromatic rings. The summed E-state index contributed by atoms with van der Waals surface area (Å²) in [5, 5.41) is 4.93. The number of alkyl halides is 4. The Labute approximate surface area is 215 Å². The topological polar surface area (TPSA) is 149 Å². The molecule has 0 radical (unpaired) electrons. The molecule has 0 aliphatic carbocycles. The number of primary amides is 1. The van der Waals surface area contributed by atoms with Gasteiger partial charge in [-0.05, 0) is 25.3 Å². The van der Waals surface area contributed by atoms with Gasteiger partial charge in [-0.3, -0.25) is 18.8 Å². The number of benzodiazepines with no additional fused rings is 1. The van der Waals surface area contributed by atoms with E-state index in [1.165, 1.54) is 6.07 Å².